The summed E-state index contributed by atoms with van der Waals surface area (Å²) in [5, 5.41) is 8.88. The molecule has 0 aliphatic rings. The maximum Gasteiger partial charge on any atom is 0.362 e. The summed E-state index contributed by atoms with van der Waals surface area (Å²) in [6.45, 7) is 2.57. The molecule has 0 saturated heterocycles. The van der Waals surface area contributed by atoms with E-state index in [0.717, 1.165) is 0 Å². The Bertz CT molecular complexity index is 159. The summed E-state index contributed by atoms with van der Waals surface area (Å²) >= 11 is 5.58. The van der Waals surface area contributed by atoms with Crippen LogP contribution in [0.3, 0.4) is 0 Å². The minimum absolute atomic E-state index is 0.344. The van der Waals surface area contributed by atoms with Gasteiger partial charge in [-0.3, -0.25) is 0 Å². The number of nitrogens with zero attached hydrogens (tertiary/aromatic N) is 1. The molecule has 0 aliphatic carbocycles. The molecule has 0 rings (SSSR count). The van der Waals surface area contributed by atoms with Crippen molar-refractivity contribution in [2.75, 3.05) is 26.5 Å². The quantitative estimate of drug-likeness (QED) is 0.527. The second-order valence-corrected chi connectivity index (χ2v) is 3.83. The van der Waals surface area contributed by atoms with Crippen LogP contribution in [0.5, 0.6) is 0 Å². The highest BCUT2D eigenvalue weighted by atomic mass is 35.5. The van der Waals surface area contributed by atoms with E-state index in [0.29, 0.717) is 23.3 Å². The van der Waals surface area contributed by atoms with Crippen molar-refractivity contribution >= 4 is 17.6 Å². The highest BCUT2D eigenvalue weighted by molar-refractivity contribution is 6.17. The van der Waals surface area contributed by atoms with Crippen molar-refractivity contribution in [2.45, 2.75) is 19.4 Å². The molecular weight excluding hydrogens is 178 g/mol. The number of quaternary nitrogens is 1. The van der Waals surface area contributed by atoms with Gasteiger partial charge >= 0.3 is 5.97 Å². The molecule has 0 aromatic heterocycles. The number of carboxylic acids is 1. The zero-order chi connectivity index (χ0) is 9.78. The Morgan fingerprint density at radius 3 is 2.33 bits per heavy atom. The van der Waals surface area contributed by atoms with E-state index >= 15 is 0 Å². The molecule has 0 spiro atoms. The smallest absolute Gasteiger partial charge is 0.362 e. The molecule has 72 valence electrons. The third kappa shape index (κ3) is 2.99. The van der Waals surface area contributed by atoms with E-state index in [2.05, 4.69) is 0 Å². The van der Waals surface area contributed by atoms with Crippen molar-refractivity contribution in [1.82, 2.24) is 0 Å². The van der Waals surface area contributed by atoms with E-state index in [1.807, 2.05) is 21.0 Å². The Hall–Kier alpha value is -0.280. The maximum absolute atomic E-state index is 10.8. The Morgan fingerprint density at radius 2 is 2.08 bits per heavy atom. The van der Waals surface area contributed by atoms with Crippen molar-refractivity contribution in [3.8, 4) is 0 Å². The van der Waals surface area contributed by atoms with Crippen LogP contribution < -0.4 is 0 Å². The Labute approximate surface area is 78.5 Å². The molecule has 1 N–H and O–H groups in total. The van der Waals surface area contributed by atoms with Crippen LogP contribution in [0.2, 0.25) is 0 Å². The molecule has 0 aliphatic heterocycles. The lowest BCUT2D eigenvalue weighted by Gasteiger charge is -2.34. The fraction of sp³-hybridized carbons (Fsp3) is 0.875. The number of alkyl halides is 1. The van der Waals surface area contributed by atoms with E-state index in [1.165, 1.54) is 0 Å². The molecule has 0 amide bonds. The van der Waals surface area contributed by atoms with E-state index in [-0.39, 0.29) is 6.04 Å². The monoisotopic (exact) mass is 194 g/mol. The third-order valence-corrected chi connectivity index (χ3v) is 2.35. The second kappa shape index (κ2) is 4.67. The topological polar surface area (TPSA) is 37.3 Å². The Kier molecular flexibility index (Phi) is 4.57. The highest BCUT2D eigenvalue weighted by Gasteiger charge is 2.32. The number of aliphatic carboxylic acids is 1. The normalized spacial score (nSPS) is 14.3. The van der Waals surface area contributed by atoms with Gasteiger partial charge in [0.15, 0.2) is 6.04 Å². The standard InChI is InChI=1S/C8H16ClNO2/c1-4-7(8(11)12)10(2,3)6-5-9/h7H,4-6H2,1-3H3/p+1. The number of carbonyl (C=O) groups is 1. The van der Waals surface area contributed by atoms with Gasteiger partial charge in [-0.1, -0.05) is 6.92 Å². The van der Waals surface area contributed by atoms with E-state index in [9.17, 15) is 4.79 Å². The van der Waals surface area contributed by atoms with Gasteiger partial charge < -0.3 is 9.59 Å². The number of hydrogen-bond donors (Lipinski definition) is 1. The summed E-state index contributed by atoms with van der Waals surface area (Å²) in [6, 6.07) is -0.344. The minimum atomic E-state index is -0.743. The van der Waals surface area contributed by atoms with Crippen LogP contribution in [0.4, 0.5) is 0 Å². The summed E-state index contributed by atoms with van der Waals surface area (Å²) in [7, 11) is 3.79. The summed E-state index contributed by atoms with van der Waals surface area (Å²) in [4.78, 5) is 10.8. The summed E-state index contributed by atoms with van der Waals surface area (Å²) in [5.74, 6) is -0.246. The molecular formula is C8H17ClNO2+. The molecule has 0 bridgehead atoms. The number of rotatable bonds is 5. The first kappa shape index (κ1) is 11.7. The van der Waals surface area contributed by atoms with E-state index in [1.54, 1.807) is 0 Å². The fourth-order valence-electron chi connectivity index (χ4n) is 1.34. The van der Waals surface area contributed by atoms with Gasteiger partial charge in [0, 0.05) is 6.42 Å². The SMILES string of the molecule is CCC(C(=O)O)[N+](C)(C)CCCl. The molecule has 0 radical (unpaired) electrons. The zero-order valence-corrected chi connectivity index (χ0v) is 8.64. The predicted molar refractivity (Wildman–Crippen MR) is 49.4 cm³/mol. The molecule has 0 saturated carbocycles. The highest BCUT2D eigenvalue weighted by Crippen LogP contribution is 2.10. The van der Waals surface area contributed by atoms with Crippen LogP contribution in [0, 0.1) is 0 Å². The zero-order valence-electron chi connectivity index (χ0n) is 7.88. The maximum atomic E-state index is 10.8. The summed E-state index contributed by atoms with van der Waals surface area (Å²) in [6.07, 6.45) is 0.638. The van der Waals surface area contributed by atoms with Crippen LogP contribution in [-0.2, 0) is 4.79 Å². The van der Waals surface area contributed by atoms with Gasteiger partial charge in [0.25, 0.3) is 0 Å². The van der Waals surface area contributed by atoms with Crippen molar-refractivity contribution in [3.05, 3.63) is 0 Å². The van der Waals surface area contributed by atoms with Gasteiger partial charge in [-0.25, -0.2) is 4.79 Å². The van der Waals surface area contributed by atoms with Crippen molar-refractivity contribution in [1.29, 1.82) is 0 Å². The average molecular weight is 195 g/mol. The van der Waals surface area contributed by atoms with Gasteiger partial charge in [-0.15, -0.1) is 11.6 Å². The predicted octanol–water partition coefficient (Wildman–Crippen LogP) is 1.16. The molecule has 1 unspecified atom stereocenters. The number of hydrogen-bond acceptors (Lipinski definition) is 1. The lowest BCUT2D eigenvalue weighted by molar-refractivity contribution is -0.904. The lowest BCUT2D eigenvalue weighted by Crippen LogP contribution is -2.53. The van der Waals surface area contributed by atoms with Gasteiger partial charge in [0.1, 0.15) is 0 Å². The van der Waals surface area contributed by atoms with Crippen LogP contribution in [0.15, 0.2) is 0 Å². The Morgan fingerprint density at radius 1 is 1.58 bits per heavy atom. The molecule has 0 fully saturated rings. The first-order valence-corrected chi connectivity index (χ1v) is 4.60. The van der Waals surface area contributed by atoms with Crippen molar-refractivity contribution < 1.29 is 14.4 Å². The van der Waals surface area contributed by atoms with Crippen LogP contribution in [-0.4, -0.2) is 48.1 Å². The average Bonchev–Trinajstić information content (AvgIpc) is 1.86. The van der Waals surface area contributed by atoms with Gasteiger partial charge in [0.05, 0.1) is 26.5 Å². The lowest BCUT2D eigenvalue weighted by atomic mass is 10.1. The fourth-order valence-corrected chi connectivity index (χ4v) is 1.78. The van der Waals surface area contributed by atoms with Crippen molar-refractivity contribution in [2.24, 2.45) is 0 Å². The van der Waals surface area contributed by atoms with Crippen LogP contribution in [0.1, 0.15) is 13.3 Å². The second-order valence-electron chi connectivity index (χ2n) is 3.45. The van der Waals surface area contributed by atoms with E-state index in [4.69, 9.17) is 16.7 Å². The number of halogens is 1. The minimum Gasteiger partial charge on any atom is -0.477 e. The first-order chi connectivity index (χ1) is 5.45. The number of likely N-dealkylation sites (N-methyl/N-ethyl adjacent to an activating group) is 1. The molecule has 12 heavy (non-hydrogen) atoms. The van der Waals surface area contributed by atoms with Gasteiger partial charge in [-0.2, -0.15) is 0 Å². The molecule has 0 aromatic rings. The first-order valence-electron chi connectivity index (χ1n) is 4.07. The molecule has 0 aromatic carbocycles. The largest absolute Gasteiger partial charge is 0.477 e. The summed E-state index contributed by atoms with van der Waals surface area (Å²) in [5.41, 5.74) is 0. The summed E-state index contributed by atoms with van der Waals surface area (Å²) < 4.78 is 0.454. The molecule has 4 heteroatoms. The molecule has 1 atom stereocenters. The van der Waals surface area contributed by atoms with Crippen LogP contribution >= 0.6 is 11.6 Å². The third-order valence-electron chi connectivity index (χ3n) is 2.18. The number of carboxylic acid groups (broad SMARTS) is 1. The van der Waals surface area contributed by atoms with Crippen molar-refractivity contribution in [3.63, 3.8) is 0 Å². The molecule has 3 nitrogen and oxygen atoms in total. The Balaban J connectivity index is 4.36. The van der Waals surface area contributed by atoms with Gasteiger partial charge in [0.2, 0.25) is 0 Å². The van der Waals surface area contributed by atoms with Gasteiger partial charge in [-0.05, 0) is 0 Å². The van der Waals surface area contributed by atoms with Crippen LogP contribution in [0.25, 0.3) is 0 Å². The van der Waals surface area contributed by atoms with E-state index < -0.39 is 5.97 Å². The molecule has 0 heterocycles.